The highest BCUT2D eigenvalue weighted by molar-refractivity contribution is 7.89. The average molecular weight is 460 g/mol. The van der Waals surface area contributed by atoms with Crippen LogP contribution in [-0.4, -0.2) is 56.3 Å². The first-order valence-electron chi connectivity index (χ1n) is 11.6. The molecule has 0 aliphatic carbocycles. The molecular weight excluding hydrogens is 426 g/mol. The molecule has 3 heterocycles. The third-order valence-corrected chi connectivity index (χ3v) is 8.46. The van der Waals surface area contributed by atoms with Crippen LogP contribution in [0.2, 0.25) is 0 Å². The lowest BCUT2D eigenvalue weighted by atomic mass is 10.1. The maximum absolute atomic E-state index is 13.1. The second-order valence-electron chi connectivity index (χ2n) is 8.78. The van der Waals surface area contributed by atoms with Crippen LogP contribution < -0.4 is 5.32 Å². The van der Waals surface area contributed by atoms with E-state index < -0.39 is 10.0 Å². The number of hydrogen-bond donors (Lipinski definition) is 1. The van der Waals surface area contributed by atoms with E-state index in [1.807, 2.05) is 19.1 Å². The van der Waals surface area contributed by atoms with Crippen LogP contribution in [0.4, 0.5) is 0 Å². The van der Waals surface area contributed by atoms with Crippen molar-refractivity contribution in [3.8, 4) is 0 Å². The van der Waals surface area contributed by atoms with Crippen LogP contribution in [0.5, 0.6) is 0 Å². The summed E-state index contributed by atoms with van der Waals surface area (Å²) in [5.41, 5.74) is 1.16. The molecule has 0 bridgehead atoms. The molecule has 2 aromatic rings. The van der Waals surface area contributed by atoms with Crippen LogP contribution in [0, 0.1) is 6.92 Å². The number of likely N-dealkylation sites (tertiary alicyclic amines) is 1. The van der Waals surface area contributed by atoms with Crippen molar-refractivity contribution < 1.29 is 17.6 Å². The maximum atomic E-state index is 13.1. The summed E-state index contributed by atoms with van der Waals surface area (Å²) in [5, 5.41) is 3.03. The van der Waals surface area contributed by atoms with E-state index in [2.05, 4.69) is 10.2 Å². The first-order chi connectivity index (χ1) is 15.5. The highest BCUT2D eigenvalue weighted by Gasteiger charge is 2.28. The number of nitrogens with one attached hydrogen (secondary N) is 1. The molecule has 2 aliphatic heterocycles. The van der Waals surface area contributed by atoms with E-state index in [1.54, 1.807) is 18.4 Å². The Bertz CT molecular complexity index is 1010. The lowest BCUT2D eigenvalue weighted by molar-refractivity contribution is 0.0913. The summed E-state index contributed by atoms with van der Waals surface area (Å²) in [6, 6.07) is 8.64. The summed E-state index contributed by atoms with van der Waals surface area (Å²) in [7, 11) is -3.59. The number of carbonyl (C=O) groups is 1. The predicted molar refractivity (Wildman–Crippen MR) is 123 cm³/mol. The molecule has 1 atom stereocenters. The molecule has 32 heavy (non-hydrogen) atoms. The van der Waals surface area contributed by atoms with Gasteiger partial charge in [0, 0.05) is 25.2 Å². The lowest BCUT2D eigenvalue weighted by Gasteiger charge is -2.33. The number of nitrogens with zero attached hydrogens (tertiary/aromatic N) is 2. The third-order valence-electron chi connectivity index (χ3n) is 6.57. The van der Waals surface area contributed by atoms with Gasteiger partial charge in [0.05, 0.1) is 17.2 Å². The zero-order chi connectivity index (χ0) is 22.6. The van der Waals surface area contributed by atoms with Crippen LogP contribution in [0.1, 0.15) is 66.2 Å². The highest BCUT2D eigenvalue weighted by Crippen LogP contribution is 2.26. The molecule has 174 valence electrons. The molecule has 1 amide bonds. The van der Waals surface area contributed by atoms with Crippen LogP contribution in [0.15, 0.2) is 45.9 Å². The van der Waals surface area contributed by atoms with Crippen molar-refractivity contribution in [2.45, 2.75) is 56.4 Å². The van der Waals surface area contributed by atoms with Gasteiger partial charge < -0.3 is 9.73 Å². The fourth-order valence-corrected chi connectivity index (χ4v) is 6.21. The summed E-state index contributed by atoms with van der Waals surface area (Å²) in [5.74, 6) is 0.581. The Hall–Kier alpha value is -2.16. The number of hydrogen-bond acceptors (Lipinski definition) is 5. The van der Waals surface area contributed by atoms with Crippen molar-refractivity contribution >= 4 is 15.9 Å². The van der Waals surface area contributed by atoms with Gasteiger partial charge >= 0.3 is 0 Å². The molecule has 0 spiro atoms. The molecule has 1 N–H and O–H groups in total. The van der Waals surface area contributed by atoms with Crippen LogP contribution in [-0.2, 0) is 10.0 Å². The van der Waals surface area contributed by atoms with Crippen molar-refractivity contribution in [1.82, 2.24) is 14.5 Å². The quantitative estimate of drug-likeness (QED) is 0.682. The fraction of sp³-hybridized carbons (Fsp3) is 0.542. The minimum absolute atomic E-state index is 0.0326. The highest BCUT2D eigenvalue weighted by atomic mass is 32.2. The van der Waals surface area contributed by atoms with Gasteiger partial charge in [-0.25, -0.2) is 8.42 Å². The molecule has 1 aromatic carbocycles. The first kappa shape index (κ1) is 23.0. The predicted octanol–water partition coefficient (Wildman–Crippen LogP) is 3.72. The van der Waals surface area contributed by atoms with Gasteiger partial charge in [-0.2, -0.15) is 4.31 Å². The monoisotopic (exact) mass is 459 g/mol. The Kier molecular flexibility index (Phi) is 7.33. The van der Waals surface area contributed by atoms with Crippen molar-refractivity contribution in [3.05, 3.63) is 53.5 Å². The number of carbonyl (C=O) groups excluding carboxylic acids is 1. The summed E-state index contributed by atoms with van der Waals surface area (Å²) in [6.45, 7) is 5.28. The van der Waals surface area contributed by atoms with Gasteiger partial charge in [0.2, 0.25) is 10.0 Å². The summed E-state index contributed by atoms with van der Waals surface area (Å²) >= 11 is 0. The van der Waals surface area contributed by atoms with Gasteiger partial charge in [0.1, 0.15) is 5.76 Å². The standard InChI is InChI=1S/C24H33N3O4S/c1-19-10-11-20(32(29,30)27-14-6-3-7-15-27)17-21(19)24(28)25-18-22(23-9-8-16-31-23)26-12-4-2-5-13-26/h8-11,16-17,22H,2-7,12-15,18H2,1H3,(H,25,28). The maximum Gasteiger partial charge on any atom is 0.251 e. The molecule has 8 heteroatoms. The van der Waals surface area contributed by atoms with E-state index in [0.717, 1.165) is 56.5 Å². The second-order valence-corrected chi connectivity index (χ2v) is 10.7. The molecule has 2 saturated heterocycles. The molecule has 1 unspecified atom stereocenters. The van der Waals surface area contributed by atoms with Crippen molar-refractivity contribution in [2.24, 2.45) is 0 Å². The Morgan fingerprint density at radius 3 is 2.38 bits per heavy atom. The number of benzene rings is 1. The molecule has 2 aliphatic rings. The molecule has 1 aromatic heterocycles. The van der Waals surface area contributed by atoms with Crippen LogP contribution in [0.3, 0.4) is 0 Å². The van der Waals surface area contributed by atoms with Crippen LogP contribution in [0.25, 0.3) is 0 Å². The van der Waals surface area contributed by atoms with E-state index in [4.69, 9.17) is 4.42 Å². The van der Waals surface area contributed by atoms with Gasteiger partial charge in [-0.3, -0.25) is 9.69 Å². The largest absolute Gasteiger partial charge is 0.468 e. The normalized spacial score (nSPS) is 19.5. The van der Waals surface area contributed by atoms with Gasteiger partial charge in [-0.15, -0.1) is 0 Å². The van der Waals surface area contributed by atoms with E-state index in [1.165, 1.54) is 16.8 Å². The van der Waals surface area contributed by atoms with E-state index in [-0.39, 0.29) is 16.8 Å². The van der Waals surface area contributed by atoms with Gasteiger partial charge in [0.25, 0.3) is 5.91 Å². The topological polar surface area (TPSA) is 82.9 Å². The smallest absolute Gasteiger partial charge is 0.251 e. The number of sulfonamides is 1. The Morgan fingerprint density at radius 1 is 1.03 bits per heavy atom. The third kappa shape index (κ3) is 5.08. The number of piperidine rings is 2. The first-order valence-corrected chi connectivity index (χ1v) is 13.1. The van der Waals surface area contributed by atoms with E-state index >= 15 is 0 Å². The van der Waals surface area contributed by atoms with Crippen molar-refractivity contribution in [2.75, 3.05) is 32.7 Å². The minimum Gasteiger partial charge on any atom is -0.468 e. The van der Waals surface area contributed by atoms with Crippen molar-refractivity contribution in [1.29, 1.82) is 0 Å². The number of rotatable bonds is 7. The Balaban J connectivity index is 1.50. The molecule has 0 radical (unpaired) electrons. The summed E-state index contributed by atoms with van der Waals surface area (Å²) in [4.78, 5) is 15.7. The molecule has 4 rings (SSSR count). The fourth-order valence-electron chi connectivity index (χ4n) is 4.67. The van der Waals surface area contributed by atoms with Crippen LogP contribution >= 0.6 is 0 Å². The van der Waals surface area contributed by atoms with E-state index in [9.17, 15) is 13.2 Å². The Labute approximate surface area is 190 Å². The van der Waals surface area contributed by atoms with E-state index in [0.29, 0.717) is 25.2 Å². The SMILES string of the molecule is Cc1ccc(S(=O)(=O)N2CCCCC2)cc1C(=O)NCC(c1ccco1)N1CCCCC1. The molecular formula is C24H33N3O4S. The molecule has 7 nitrogen and oxygen atoms in total. The van der Waals surface area contributed by atoms with Gasteiger partial charge in [-0.1, -0.05) is 18.9 Å². The zero-order valence-electron chi connectivity index (χ0n) is 18.8. The second kappa shape index (κ2) is 10.2. The number of furan rings is 1. The molecule has 2 fully saturated rings. The number of aryl methyl sites for hydroxylation is 1. The lowest BCUT2D eigenvalue weighted by Crippen LogP contribution is -2.40. The zero-order valence-corrected chi connectivity index (χ0v) is 19.6. The average Bonchev–Trinajstić information content (AvgIpc) is 3.35. The molecule has 0 saturated carbocycles. The number of amides is 1. The van der Waals surface area contributed by atoms with Gasteiger partial charge in [0.15, 0.2) is 0 Å². The van der Waals surface area contributed by atoms with Crippen molar-refractivity contribution in [3.63, 3.8) is 0 Å². The minimum atomic E-state index is -3.59. The van der Waals surface area contributed by atoms with Gasteiger partial charge in [-0.05, 0) is 75.5 Å². The Morgan fingerprint density at radius 2 is 1.72 bits per heavy atom. The summed E-state index contributed by atoms with van der Waals surface area (Å²) in [6.07, 6.45) is 7.98. The summed E-state index contributed by atoms with van der Waals surface area (Å²) < 4.78 is 33.4.